The Hall–Kier alpha value is -2.94. The fourth-order valence-electron chi connectivity index (χ4n) is 1.67. The van der Waals surface area contributed by atoms with Crippen LogP contribution in [-0.2, 0) is 0 Å². The Morgan fingerprint density at radius 2 is 1.78 bits per heavy atom. The zero-order chi connectivity index (χ0) is 17.0. The summed E-state index contributed by atoms with van der Waals surface area (Å²) in [7, 11) is 0. The fraction of sp³-hybridized carbons (Fsp3) is 0. The van der Waals surface area contributed by atoms with E-state index in [9.17, 15) is 23.7 Å². The molecule has 6 nitrogen and oxygen atoms in total. The van der Waals surface area contributed by atoms with Gasteiger partial charge in [0.25, 0.3) is 5.91 Å². The van der Waals surface area contributed by atoms with Crippen molar-refractivity contribution in [2.75, 3.05) is 5.32 Å². The summed E-state index contributed by atoms with van der Waals surface area (Å²) in [6.07, 6.45) is 0. The Morgan fingerprint density at radius 1 is 1.13 bits per heavy atom. The number of nitrogens with one attached hydrogen (secondary N) is 2. The second kappa shape index (κ2) is 6.88. The highest BCUT2D eigenvalue weighted by Crippen LogP contribution is 2.21. The molecule has 0 spiro atoms. The molecule has 0 aliphatic carbocycles. The molecule has 2 rings (SSSR count). The minimum Gasteiger partial charge on any atom is -0.332 e. The molecule has 2 N–H and O–H groups in total. The van der Waals surface area contributed by atoms with E-state index in [0.29, 0.717) is 0 Å². The molecule has 0 fully saturated rings. The number of nitro groups is 1. The third kappa shape index (κ3) is 4.27. The van der Waals surface area contributed by atoms with Crippen molar-refractivity contribution in [2.24, 2.45) is 0 Å². The maximum Gasteiger partial charge on any atom is 0.306 e. The number of hydrogen-bond acceptors (Lipinski definition) is 4. The summed E-state index contributed by atoms with van der Waals surface area (Å²) in [5.41, 5.74) is -0.397. The molecule has 0 heterocycles. The van der Waals surface area contributed by atoms with Gasteiger partial charge >= 0.3 is 5.69 Å². The monoisotopic (exact) mass is 337 g/mol. The first kappa shape index (κ1) is 16.4. The van der Waals surface area contributed by atoms with Gasteiger partial charge in [0.1, 0.15) is 5.82 Å². The SMILES string of the molecule is O=C(NC(=S)Nc1ccc(F)c([N+](=O)[O-])c1)c1ccc(F)cc1. The summed E-state index contributed by atoms with van der Waals surface area (Å²) in [6, 6.07) is 7.88. The van der Waals surface area contributed by atoms with E-state index in [1.54, 1.807) is 0 Å². The van der Waals surface area contributed by atoms with Crippen LogP contribution in [0.1, 0.15) is 10.4 Å². The Bertz CT molecular complexity index is 781. The summed E-state index contributed by atoms with van der Waals surface area (Å²) < 4.78 is 26.0. The number of amides is 1. The molecule has 0 aliphatic heterocycles. The van der Waals surface area contributed by atoms with Crippen LogP contribution in [-0.4, -0.2) is 15.9 Å². The maximum atomic E-state index is 13.2. The van der Waals surface area contributed by atoms with Crippen LogP contribution < -0.4 is 10.6 Å². The van der Waals surface area contributed by atoms with Gasteiger partial charge < -0.3 is 5.32 Å². The fourth-order valence-corrected chi connectivity index (χ4v) is 1.88. The van der Waals surface area contributed by atoms with Crippen molar-refractivity contribution in [3.05, 3.63) is 69.8 Å². The molecular weight excluding hydrogens is 328 g/mol. The number of halogens is 2. The molecule has 0 radical (unpaired) electrons. The van der Waals surface area contributed by atoms with Crippen molar-refractivity contribution in [3.63, 3.8) is 0 Å². The lowest BCUT2D eigenvalue weighted by molar-refractivity contribution is -0.387. The van der Waals surface area contributed by atoms with Crippen LogP contribution in [0.2, 0.25) is 0 Å². The second-order valence-electron chi connectivity index (χ2n) is 4.34. The smallest absolute Gasteiger partial charge is 0.306 e. The minimum atomic E-state index is -0.984. The molecule has 2 aromatic carbocycles. The van der Waals surface area contributed by atoms with E-state index in [2.05, 4.69) is 10.6 Å². The largest absolute Gasteiger partial charge is 0.332 e. The number of rotatable bonds is 3. The molecular formula is C14H9F2N3O3S. The second-order valence-corrected chi connectivity index (χ2v) is 4.75. The first-order valence-electron chi connectivity index (χ1n) is 6.18. The minimum absolute atomic E-state index is 0.139. The topological polar surface area (TPSA) is 84.3 Å². The zero-order valence-corrected chi connectivity index (χ0v) is 12.2. The van der Waals surface area contributed by atoms with Crippen LogP contribution in [0.4, 0.5) is 20.2 Å². The van der Waals surface area contributed by atoms with Crippen LogP contribution in [0.3, 0.4) is 0 Å². The normalized spacial score (nSPS) is 10.0. The number of nitro benzene ring substituents is 1. The van der Waals surface area contributed by atoms with Crippen LogP contribution >= 0.6 is 12.2 Å². The van der Waals surface area contributed by atoms with E-state index in [1.165, 1.54) is 18.2 Å². The summed E-state index contributed by atoms with van der Waals surface area (Å²) in [5.74, 6) is -2.05. The van der Waals surface area contributed by atoms with Crippen molar-refractivity contribution in [3.8, 4) is 0 Å². The number of benzene rings is 2. The van der Waals surface area contributed by atoms with Gasteiger partial charge in [-0.05, 0) is 48.6 Å². The third-order valence-electron chi connectivity index (χ3n) is 2.73. The molecule has 118 valence electrons. The maximum absolute atomic E-state index is 13.2. The molecule has 0 atom stereocenters. The Labute approximate surface area is 134 Å². The summed E-state index contributed by atoms with van der Waals surface area (Å²) >= 11 is 4.90. The number of hydrogen-bond donors (Lipinski definition) is 2. The summed E-state index contributed by atoms with van der Waals surface area (Å²) in [5, 5.41) is 15.4. The van der Waals surface area contributed by atoms with Crippen molar-refractivity contribution < 1.29 is 18.5 Å². The quantitative estimate of drug-likeness (QED) is 0.511. The highest BCUT2D eigenvalue weighted by molar-refractivity contribution is 7.80. The number of thiocarbonyl (C=S) groups is 1. The lowest BCUT2D eigenvalue weighted by Crippen LogP contribution is -2.34. The molecule has 2 aromatic rings. The van der Waals surface area contributed by atoms with E-state index in [1.807, 2.05) is 0 Å². The number of carbonyl (C=O) groups is 1. The van der Waals surface area contributed by atoms with Gasteiger partial charge in [0, 0.05) is 17.3 Å². The molecule has 0 saturated heterocycles. The molecule has 0 unspecified atom stereocenters. The lowest BCUT2D eigenvalue weighted by atomic mass is 10.2. The van der Waals surface area contributed by atoms with Crippen molar-refractivity contribution >= 4 is 34.6 Å². The Morgan fingerprint density at radius 3 is 2.39 bits per heavy atom. The van der Waals surface area contributed by atoms with E-state index < -0.39 is 28.2 Å². The van der Waals surface area contributed by atoms with E-state index >= 15 is 0 Å². The standard InChI is InChI=1S/C14H9F2N3O3S/c15-9-3-1-8(2-4-9)13(20)18-14(23)17-10-5-6-11(16)12(7-10)19(21)22/h1-7H,(H2,17,18,20,23). The van der Waals surface area contributed by atoms with Gasteiger partial charge in [-0.2, -0.15) is 4.39 Å². The van der Waals surface area contributed by atoms with Crippen molar-refractivity contribution in [2.45, 2.75) is 0 Å². The molecule has 0 bridgehead atoms. The highest BCUT2D eigenvalue weighted by Gasteiger charge is 2.15. The van der Waals surface area contributed by atoms with Crippen LogP contribution in [0.5, 0.6) is 0 Å². The van der Waals surface area contributed by atoms with Gasteiger partial charge in [-0.15, -0.1) is 0 Å². The molecule has 0 saturated carbocycles. The Balaban J connectivity index is 2.05. The van der Waals surface area contributed by atoms with E-state index in [0.717, 1.165) is 24.3 Å². The van der Waals surface area contributed by atoms with Crippen LogP contribution in [0.15, 0.2) is 42.5 Å². The summed E-state index contributed by atoms with van der Waals surface area (Å²) in [6.45, 7) is 0. The Kier molecular flexibility index (Phi) is 4.91. The van der Waals surface area contributed by atoms with Gasteiger partial charge in [-0.3, -0.25) is 20.2 Å². The molecule has 9 heteroatoms. The van der Waals surface area contributed by atoms with Gasteiger partial charge in [-0.25, -0.2) is 4.39 Å². The van der Waals surface area contributed by atoms with Gasteiger partial charge in [0.2, 0.25) is 5.82 Å². The molecule has 0 aliphatic rings. The van der Waals surface area contributed by atoms with Gasteiger partial charge in [-0.1, -0.05) is 0 Å². The molecule has 23 heavy (non-hydrogen) atoms. The summed E-state index contributed by atoms with van der Waals surface area (Å²) in [4.78, 5) is 21.6. The van der Waals surface area contributed by atoms with Gasteiger partial charge in [0.15, 0.2) is 5.11 Å². The predicted octanol–water partition coefficient (Wildman–Crippen LogP) is 3.00. The lowest BCUT2D eigenvalue weighted by Gasteiger charge is -2.09. The predicted molar refractivity (Wildman–Crippen MR) is 83.1 cm³/mol. The first-order valence-corrected chi connectivity index (χ1v) is 6.59. The first-order chi connectivity index (χ1) is 10.9. The number of anilines is 1. The van der Waals surface area contributed by atoms with E-state index in [4.69, 9.17) is 12.2 Å². The zero-order valence-electron chi connectivity index (χ0n) is 11.4. The van der Waals surface area contributed by atoms with Crippen LogP contribution in [0, 0.1) is 21.7 Å². The van der Waals surface area contributed by atoms with Crippen molar-refractivity contribution in [1.29, 1.82) is 0 Å². The number of nitrogens with zero attached hydrogens (tertiary/aromatic N) is 1. The highest BCUT2D eigenvalue weighted by atomic mass is 32.1. The third-order valence-corrected chi connectivity index (χ3v) is 2.94. The average Bonchev–Trinajstić information content (AvgIpc) is 2.49. The van der Waals surface area contributed by atoms with Crippen molar-refractivity contribution in [1.82, 2.24) is 5.32 Å². The number of carbonyl (C=O) groups excluding carboxylic acids is 1. The van der Waals surface area contributed by atoms with Gasteiger partial charge in [0.05, 0.1) is 4.92 Å². The molecule has 0 aromatic heterocycles. The average molecular weight is 337 g/mol. The van der Waals surface area contributed by atoms with E-state index in [-0.39, 0.29) is 16.4 Å². The van der Waals surface area contributed by atoms with Crippen LogP contribution in [0.25, 0.3) is 0 Å². The molecule has 1 amide bonds.